The molecule has 0 aliphatic carbocycles. The van der Waals surface area contributed by atoms with Crippen molar-refractivity contribution in [1.82, 2.24) is 9.80 Å². The van der Waals surface area contributed by atoms with E-state index in [2.05, 4.69) is 0 Å². The van der Waals surface area contributed by atoms with Gasteiger partial charge in [-0.3, -0.25) is 14.5 Å². The Kier molecular flexibility index (Phi) is 5.20. The maximum absolute atomic E-state index is 12.5. The number of methoxy groups -OCH3 is 1. The van der Waals surface area contributed by atoms with Gasteiger partial charge >= 0.3 is 0 Å². The predicted octanol–water partition coefficient (Wildman–Crippen LogP) is 2.52. The predicted molar refractivity (Wildman–Crippen MR) is 98.7 cm³/mol. The Balaban J connectivity index is 1.70. The van der Waals surface area contributed by atoms with E-state index in [0.29, 0.717) is 9.23 Å². The standard InChI is InChI=1S/C17H18N2O3S2/c1-22-13-6-4-12(5-7-13)10-14-16(21)19(17(23)24-14)11-15(20)18-8-2-3-9-18/h4-7,10H,2-3,8-9,11H2,1H3/b14-10+. The molecular formula is C17H18N2O3S2. The first-order valence-electron chi connectivity index (χ1n) is 7.75. The van der Waals surface area contributed by atoms with Crippen LogP contribution in [0.1, 0.15) is 18.4 Å². The number of likely N-dealkylation sites (tertiary alicyclic amines) is 1. The van der Waals surface area contributed by atoms with Gasteiger partial charge in [0, 0.05) is 13.1 Å². The number of benzene rings is 1. The van der Waals surface area contributed by atoms with E-state index in [9.17, 15) is 9.59 Å². The molecule has 1 aromatic rings. The van der Waals surface area contributed by atoms with E-state index in [4.69, 9.17) is 17.0 Å². The largest absolute Gasteiger partial charge is 0.497 e. The highest BCUT2D eigenvalue weighted by molar-refractivity contribution is 8.26. The van der Waals surface area contributed by atoms with Crippen molar-refractivity contribution in [2.45, 2.75) is 12.8 Å². The van der Waals surface area contributed by atoms with Gasteiger partial charge in [-0.05, 0) is 36.6 Å². The molecule has 0 N–H and O–H groups in total. The van der Waals surface area contributed by atoms with Crippen LogP contribution in [0, 0.1) is 0 Å². The highest BCUT2D eigenvalue weighted by atomic mass is 32.2. The first-order chi connectivity index (χ1) is 11.6. The minimum Gasteiger partial charge on any atom is -0.497 e. The quantitative estimate of drug-likeness (QED) is 0.608. The Labute approximate surface area is 150 Å². The number of carbonyl (C=O) groups is 2. The number of carbonyl (C=O) groups excluding carboxylic acids is 2. The number of amides is 2. The molecular weight excluding hydrogens is 344 g/mol. The Hall–Kier alpha value is -1.86. The van der Waals surface area contributed by atoms with E-state index in [-0.39, 0.29) is 18.4 Å². The maximum Gasteiger partial charge on any atom is 0.266 e. The number of thiocarbonyl (C=S) groups is 1. The molecule has 0 aromatic heterocycles. The van der Waals surface area contributed by atoms with Gasteiger partial charge in [-0.2, -0.15) is 0 Å². The Morgan fingerprint density at radius 1 is 1.29 bits per heavy atom. The molecule has 3 rings (SSSR count). The van der Waals surface area contributed by atoms with Gasteiger partial charge in [-0.15, -0.1) is 0 Å². The van der Waals surface area contributed by atoms with Crippen LogP contribution in [0.15, 0.2) is 29.2 Å². The minimum atomic E-state index is -0.201. The average molecular weight is 362 g/mol. The first kappa shape index (κ1) is 17.0. The van der Waals surface area contributed by atoms with Crippen molar-refractivity contribution in [3.8, 4) is 5.75 Å². The summed E-state index contributed by atoms with van der Waals surface area (Å²) in [5, 5.41) is 0. The van der Waals surface area contributed by atoms with Crippen molar-refractivity contribution in [3.05, 3.63) is 34.7 Å². The van der Waals surface area contributed by atoms with Gasteiger partial charge in [0.15, 0.2) is 0 Å². The fourth-order valence-electron chi connectivity index (χ4n) is 2.69. The zero-order chi connectivity index (χ0) is 17.1. The topological polar surface area (TPSA) is 49.9 Å². The van der Waals surface area contributed by atoms with Gasteiger partial charge in [-0.1, -0.05) is 36.1 Å². The molecule has 2 saturated heterocycles. The lowest BCUT2D eigenvalue weighted by Gasteiger charge is -2.19. The van der Waals surface area contributed by atoms with Crippen LogP contribution < -0.4 is 4.74 Å². The number of thioether (sulfide) groups is 1. The molecule has 7 heteroatoms. The van der Waals surface area contributed by atoms with Crippen molar-refractivity contribution in [2.75, 3.05) is 26.7 Å². The van der Waals surface area contributed by atoms with Crippen molar-refractivity contribution < 1.29 is 14.3 Å². The summed E-state index contributed by atoms with van der Waals surface area (Å²) in [6.07, 6.45) is 3.85. The summed E-state index contributed by atoms with van der Waals surface area (Å²) in [4.78, 5) is 28.5. The van der Waals surface area contributed by atoms with Crippen molar-refractivity contribution >= 4 is 46.2 Å². The Bertz CT molecular complexity index is 694. The number of nitrogens with zero attached hydrogens (tertiary/aromatic N) is 2. The number of rotatable bonds is 4. The third-order valence-corrected chi connectivity index (χ3v) is 5.42. The monoisotopic (exact) mass is 362 g/mol. The second kappa shape index (κ2) is 7.36. The summed E-state index contributed by atoms with van der Waals surface area (Å²) < 4.78 is 5.56. The van der Waals surface area contributed by atoms with Gasteiger partial charge in [0.25, 0.3) is 5.91 Å². The van der Waals surface area contributed by atoms with Gasteiger partial charge in [-0.25, -0.2) is 0 Å². The molecule has 5 nitrogen and oxygen atoms in total. The van der Waals surface area contributed by atoms with Crippen LogP contribution in [0.5, 0.6) is 5.75 Å². The van der Waals surface area contributed by atoms with Crippen LogP contribution in [0.2, 0.25) is 0 Å². The SMILES string of the molecule is COc1ccc(/C=C2/SC(=S)N(CC(=O)N3CCCC3)C2=O)cc1. The zero-order valence-electron chi connectivity index (χ0n) is 13.4. The van der Waals surface area contributed by atoms with E-state index < -0.39 is 0 Å². The van der Waals surface area contributed by atoms with Crippen LogP contribution in [0.25, 0.3) is 6.08 Å². The van der Waals surface area contributed by atoms with E-state index in [1.807, 2.05) is 24.3 Å². The zero-order valence-corrected chi connectivity index (χ0v) is 15.0. The Morgan fingerprint density at radius 2 is 1.96 bits per heavy atom. The smallest absolute Gasteiger partial charge is 0.266 e. The van der Waals surface area contributed by atoms with Crippen LogP contribution in [0.4, 0.5) is 0 Å². The van der Waals surface area contributed by atoms with Gasteiger partial charge in [0.05, 0.1) is 12.0 Å². The molecule has 0 saturated carbocycles. The minimum absolute atomic E-state index is 0.0324. The second-order valence-electron chi connectivity index (χ2n) is 5.63. The highest BCUT2D eigenvalue weighted by Gasteiger charge is 2.34. The van der Waals surface area contributed by atoms with Crippen LogP contribution in [-0.2, 0) is 9.59 Å². The van der Waals surface area contributed by atoms with Gasteiger partial charge in [0.1, 0.15) is 16.6 Å². The average Bonchev–Trinajstić information content (AvgIpc) is 3.20. The molecule has 0 unspecified atom stereocenters. The molecule has 2 aliphatic heterocycles. The molecule has 1 aromatic carbocycles. The van der Waals surface area contributed by atoms with Crippen molar-refractivity contribution in [3.63, 3.8) is 0 Å². The molecule has 0 radical (unpaired) electrons. The summed E-state index contributed by atoms with van der Waals surface area (Å²) in [5.41, 5.74) is 0.891. The summed E-state index contributed by atoms with van der Waals surface area (Å²) >= 11 is 6.52. The van der Waals surface area contributed by atoms with Gasteiger partial charge in [0.2, 0.25) is 5.91 Å². The third kappa shape index (κ3) is 3.62. The molecule has 2 heterocycles. The van der Waals surface area contributed by atoms with Crippen LogP contribution in [0.3, 0.4) is 0 Å². The van der Waals surface area contributed by atoms with Crippen molar-refractivity contribution in [1.29, 1.82) is 0 Å². The Morgan fingerprint density at radius 3 is 2.58 bits per heavy atom. The molecule has 0 bridgehead atoms. The van der Waals surface area contributed by atoms with Crippen LogP contribution >= 0.6 is 24.0 Å². The number of hydrogen-bond donors (Lipinski definition) is 0. The lowest BCUT2D eigenvalue weighted by Crippen LogP contribution is -2.40. The summed E-state index contributed by atoms with van der Waals surface area (Å²) in [5.74, 6) is 0.527. The van der Waals surface area contributed by atoms with E-state index in [0.717, 1.165) is 37.2 Å². The highest BCUT2D eigenvalue weighted by Crippen LogP contribution is 2.32. The number of ether oxygens (including phenoxy) is 1. The molecule has 24 heavy (non-hydrogen) atoms. The van der Waals surface area contributed by atoms with Gasteiger partial charge < -0.3 is 9.64 Å². The molecule has 0 spiro atoms. The lowest BCUT2D eigenvalue weighted by molar-refractivity contribution is -0.134. The first-order valence-corrected chi connectivity index (χ1v) is 8.98. The summed E-state index contributed by atoms with van der Waals surface area (Å²) in [6, 6.07) is 7.43. The summed E-state index contributed by atoms with van der Waals surface area (Å²) in [6.45, 7) is 1.58. The summed E-state index contributed by atoms with van der Waals surface area (Å²) in [7, 11) is 1.61. The molecule has 2 aliphatic rings. The maximum atomic E-state index is 12.5. The molecule has 2 fully saturated rings. The third-order valence-electron chi connectivity index (χ3n) is 4.04. The van der Waals surface area contributed by atoms with Crippen molar-refractivity contribution in [2.24, 2.45) is 0 Å². The van der Waals surface area contributed by atoms with E-state index in [1.54, 1.807) is 18.1 Å². The lowest BCUT2D eigenvalue weighted by atomic mass is 10.2. The van der Waals surface area contributed by atoms with E-state index >= 15 is 0 Å². The molecule has 0 atom stereocenters. The number of hydrogen-bond acceptors (Lipinski definition) is 5. The molecule has 126 valence electrons. The molecule has 2 amide bonds. The fraction of sp³-hybridized carbons (Fsp3) is 0.353. The fourth-order valence-corrected chi connectivity index (χ4v) is 3.94. The second-order valence-corrected chi connectivity index (χ2v) is 7.30. The normalized spacial score (nSPS) is 19.5. The van der Waals surface area contributed by atoms with E-state index in [1.165, 1.54) is 16.7 Å². The van der Waals surface area contributed by atoms with Crippen LogP contribution in [-0.4, -0.2) is 52.7 Å².